The molecule has 0 aliphatic rings. The Morgan fingerprint density at radius 2 is 2.25 bits per heavy atom. The zero-order chi connectivity index (χ0) is 11.7. The molecule has 0 unspecified atom stereocenters. The van der Waals surface area contributed by atoms with E-state index in [1.807, 2.05) is 19.9 Å². The van der Waals surface area contributed by atoms with Crippen LogP contribution in [-0.2, 0) is 13.1 Å². The number of hydrogen-bond donors (Lipinski definition) is 1. The van der Waals surface area contributed by atoms with Gasteiger partial charge in [0.2, 0.25) is 0 Å². The van der Waals surface area contributed by atoms with Crippen molar-refractivity contribution < 1.29 is 4.42 Å². The van der Waals surface area contributed by atoms with Crippen molar-refractivity contribution in [3.05, 3.63) is 40.1 Å². The highest BCUT2D eigenvalue weighted by atomic mass is 35.5. The fraction of sp³-hybridized carbons (Fsp3) is 0.364. The Bertz CT molecular complexity index is 501. The topological polar surface area (TPSA) is 57.0 Å². The van der Waals surface area contributed by atoms with E-state index in [0.717, 1.165) is 22.8 Å². The van der Waals surface area contributed by atoms with Crippen LogP contribution in [0.1, 0.15) is 22.8 Å². The van der Waals surface area contributed by atoms with Gasteiger partial charge in [0.05, 0.1) is 23.5 Å². The van der Waals surface area contributed by atoms with Gasteiger partial charge in [0.25, 0.3) is 0 Å². The summed E-state index contributed by atoms with van der Waals surface area (Å²) in [5, 5.41) is 4.84. The summed E-state index contributed by atoms with van der Waals surface area (Å²) in [5.74, 6) is 1.72. The Hall–Kier alpha value is -1.26. The molecule has 2 N–H and O–H groups in total. The monoisotopic (exact) mass is 239 g/mol. The Morgan fingerprint density at radius 3 is 2.75 bits per heavy atom. The average molecular weight is 240 g/mol. The molecule has 2 rings (SSSR count). The van der Waals surface area contributed by atoms with Gasteiger partial charge in [0.15, 0.2) is 0 Å². The SMILES string of the molecule is Cc1oc(Cn2ncc(Cl)c2C)cc1CN. The van der Waals surface area contributed by atoms with Gasteiger partial charge < -0.3 is 10.2 Å². The summed E-state index contributed by atoms with van der Waals surface area (Å²) >= 11 is 5.93. The number of rotatable bonds is 3. The van der Waals surface area contributed by atoms with Crippen molar-refractivity contribution in [1.29, 1.82) is 0 Å². The van der Waals surface area contributed by atoms with E-state index < -0.39 is 0 Å². The van der Waals surface area contributed by atoms with E-state index in [-0.39, 0.29) is 0 Å². The predicted molar refractivity (Wildman–Crippen MR) is 62.4 cm³/mol. The zero-order valence-electron chi connectivity index (χ0n) is 9.33. The highest BCUT2D eigenvalue weighted by Gasteiger charge is 2.09. The molecule has 0 aliphatic carbocycles. The van der Waals surface area contributed by atoms with Crippen LogP contribution < -0.4 is 5.73 Å². The maximum atomic E-state index is 5.93. The fourth-order valence-corrected chi connectivity index (χ4v) is 1.74. The molecular weight excluding hydrogens is 226 g/mol. The largest absolute Gasteiger partial charge is 0.464 e. The summed E-state index contributed by atoms with van der Waals surface area (Å²) in [6.45, 7) is 4.91. The molecule has 2 aromatic heterocycles. The van der Waals surface area contributed by atoms with Gasteiger partial charge in [-0.3, -0.25) is 4.68 Å². The first kappa shape index (κ1) is 11.2. The lowest BCUT2D eigenvalue weighted by Crippen LogP contribution is -2.02. The first-order chi connectivity index (χ1) is 7.61. The smallest absolute Gasteiger partial charge is 0.125 e. The second kappa shape index (κ2) is 4.31. The second-order valence-electron chi connectivity index (χ2n) is 3.73. The van der Waals surface area contributed by atoms with Crippen molar-refractivity contribution in [3.63, 3.8) is 0 Å². The standard InChI is InChI=1S/C11H14ClN3O/c1-7-11(12)5-14-15(7)6-10-3-9(4-13)8(2)16-10/h3,5H,4,6,13H2,1-2H3. The van der Waals surface area contributed by atoms with Crippen LogP contribution in [0.25, 0.3) is 0 Å². The highest BCUT2D eigenvalue weighted by Crippen LogP contribution is 2.18. The molecular formula is C11H14ClN3O. The molecule has 16 heavy (non-hydrogen) atoms. The molecule has 5 heteroatoms. The van der Waals surface area contributed by atoms with Gasteiger partial charge in [0.1, 0.15) is 11.5 Å². The van der Waals surface area contributed by atoms with Crippen LogP contribution in [0.15, 0.2) is 16.7 Å². The minimum absolute atomic E-state index is 0.494. The van der Waals surface area contributed by atoms with Crippen molar-refractivity contribution in [2.45, 2.75) is 26.9 Å². The summed E-state index contributed by atoms with van der Waals surface area (Å²) in [6, 6.07) is 1.96. The van der Waals surface area contributed by atoms with Crippen LogP contribution in [0.2, 0.25) is 5.02 Å². The lowest BCUT2D eigenvalue weighted by molar-refractivity contribution is 0.454. The van der Waals surface area contributed by atoms with Crippen molar-refractivity contribution in [3.8, 4) is 0 Å². The predicted octanol–water partition coefficient (Wildman–Crippen LogP) is 2.25. The Kier molecular flexibility index (Phi) is 3.03. The third-order valence-electron chi connectivity index (χ3n) is 2.64. The van der Waals surface area contributed by atoms with Gasteiger partial charge >= 0.3 is 0 Å². The van der Waals surface area contributed by atoms with E-state index in [9.17, 15) is 0 Å². The molecule has 0 saturated carbocycles. The molecule has 0 radical (unpaired) electrons. The molecule has 0 aromatic carbocycles. The Morgan fingerprint density at radius 1 is 1.50 bits per heavy atom. The zero-order valence-corrected chi connectivity index (χ0v) is 10.1. The lowest BCUT2D eigenvalue weighted by atomic mass is 10.2. The summed E-state index contributed by atoms with van der Waals surface area (Å²) in [6.07, 6.45) is 1.64. The van der Waals surface area contributed by atoms with E-state index >= 15 is 0 Å². The summed E-state index contributed by atoms with van der Waals surface area (Å²) < 4.78 is 7.40. The number of nitrogens with two attached hydrogens (primary N) is 1. The molecule has 0 spiro atoms. The molecule has 0 atom stereocenters. The highest BCUT2D eigenvalue weighted by molar-refractivity contribution is 6.31. The second-order valence-corrected chi connectivity index (χ2v) is 4.14. The number of aromatic nitrogens is 2. The maximum Gasteiger partial charge on any atom is 0.125 e. The first-order valence-electron chi connectivity index (χ1n) is 5.08. The van der Waals surface area contributed by atoms with Crippen LogP contribution in [-0.4, -0.2) is 9.78 Å². The molecule has 0 amide bonds. The van der Waals surface area contributed by atoms with Gasteiger partial charge in [-0.1, -0.05) is 11.6 Å². The van der Waals surface area contributed by atoms with Gasteiger partial charge in [-0.05, 0) is 19.9 Å². The number of aryl methyl sites for hydroxylation is 1. The molecule has 0 saturated heterocycles. The van der Waals surface area contributed by atoms with E-state index in [2.05, 4.69) is 5.10 Å². The van der Waals surface area contributed by atoms with Crippen molar-refractivity contribution in [1.82, 2.24) is 9.78 Å². The quantitative estimate of drug-likeness (QED) is 0.894. The minimum atomic E-state index is 0.494. The molecule has 4 nitrogen and oxygen atoms in total. The van der Waals surface area contributed by atoms with Gasteiger partial charge in [-0.2, -0.15) is 5.10 Å². The van der Waals surface area contributed by atoms with Crippen LogP contribution in [0.3, 0.4) is 0 Å². The molecule has 2 heterocycles. The third kappa shape index (κ3) is 1.99. The minimum Gasteiger partial charge on any atom is -0.464 e. The van der Waals surface area contributed by atoms with Crippen molar-refractivity contribution >= 4 is 11.6 Å². The number of hydrogen-bond acceptors (Lipinski definition) is 3. The normalized spacial score (nSPS) is 11.0. The Labute approximate surface area is 99.0 Å². The molecule has 0 fully saturated rings. The van der Waals surface area contributed by atoms with Crippen molar-refractivity contribution in [2.75, 3.05) is 0 Å². The molecule has 0 aliphatic heterocycles. The number of furan rings is 1. The Balaban J connectivity index is 2.23. The van der Waals surface area contributed by atoms with E-state index in [1.54, 1.807) is 10.9 Å². The van der Waals surface area contributed by atoms with Crippen molar-refractivity contribution in [2.24, 2.45) is 5.73 Å². The summed E-state index contributed by atoms with van der Waals surface area (Å²) in [5.41, 5.74) is 7.56. The van der Waals surface area contributed by atoms with Gasteiger partial charge in [-0.15, -0.1) is 0 Å². The van der Waals surface area contributed by atoms with Crippen LogP contribution in [0.4, 0.5) is 0 Å². The molecule has 2 aromatic rings. The summed E-state index contributed by atoms with van der Waals surface area (Å²) in [7, 11) is 0. The van der Waals surface area contributed by atoms with E-state index in [0.29, 0.717) is 18.1 Å². The summed E-state index contributed by atoms with van der Waals surface area (Å²) in [4.78, 5) is 0. The molecule has 0 bridgehead atoms. The fourth-order valence-electron chi connectivity index (χ4n) is 1.60. The average Bonchev–Trinajstić information content (AvgIpc) is 2.76. The van der Waals surface area contributed by atoms with Crippen LogP contribution in [0, 0.1) is 13.8 Å². The first-order valence-corrected chi connectivity index (χ1v) is 5.45. The van der Waals surface area contributed by atoms with Crippen LogP contribution in [0.5, 0.6) is 0 Å². The third-order valence-corrected chi connectivity index (χ3v) is 3.01. The number of halogens is 1. The lowest BCUT2D eigenvalue weighted by Gasteiger charge is -2.00. The molecule has 86 valence electrons. The number of nitrogens with zero attached hydrogens (tertiary/aromatic N) is 2. The van der Waals surface area contributed by atoms with Crippen LogP contribution >= 0.6 is 11.6 Å². The van der Waals surface area contributed by atoms with Gasteiger partial charge in [-0.25, -0.2) is 0 Å². The van der Waals surface area contributed by atoms with E-state index in [1.165, 1.54) is 0 Å². The van der Waals surface area contributed by atoms with Gasteiger partial charge in [0, 0.05) is 12.1 Å². The van der Waals surface area contributed by atoms with E-state index in [4.69, 9.17) is 21.8 Å². The maximum absolute atomic E-state index is 5.93.